The molecule has 0 saturated carbocycles. The predicted octanol–water partition coefficient (Wildman–Crippen LogP) is -0.602. The molecular weight excluding hydrogens is 158 g/mol. The summed E-state index contributed by atoms with van der Waals surface area (Å²) in [6.45, 7) is 1.99. The first-order valence-electron chi connectivity index (χ1n) is 3.46. The standard InChI is InChI=1S/C7H11N3O.H2O/c1-2-5-4-9-7(11)3-6(5)10-8;/h3-4H,2,8H2,1H3,(H2,9,10,11);1H2. The number of aryl methyl sites for hydroxylation is 1. The van der Waals surface area contributed by atoms with E-state index in [2.05, 4.69) is 10.4 Å². The summed E-state index contributed by atoms with van der Waals surface area (Å²) < 4.78 is 0. The van der Waals surface area contributed by atoms with E-state index in [4.69, 9.17) is 5.84 Å². The summed E-state index contributed by atoms with van der Waals surface area (Å²) in [7, 11) is 0. The van der Waals surface area contributed by atoms with Crippen LogP contribution in [0.25, 0.3) is 0 Å². The number of aromatic amines is 1. The van der Waals surface area contributed by atoms with Crippen LogP contribution >= 0.6 is 0 Å². The number of nitrogens with two attached hydrogens (primary N) is 1. The quantitative estimate of drug-likeness (QED) is 0.409. The van der Waals surface area contributed by atoms with Gasteiger partial charge in [0.05, 0.1) is 5.69 Å². The van der Waals surface area contributed by atoms with Crippen LogP contribution in [0.3, 0.4) is 0 Å². The molecule has 68 valence electrons. The van der Waals surface area contributed by atoms with Gasteiger partial charge in [-0.2, -0.15) is 0 Å². The number of anilines is 1. The van der Waals surface area contributed by atoms with E-state index in [1.54, 1.807) is 6.20 Å². The van der Waals surface area contributed by atoms with E-state index in [1.165, 1.54) is 6.07 Å². The lowest BCUT2D eigenvalue weighted by Gasteiger charge is -2.03. The summed E-state index contributed by atoms with van der Waals surface area (Å²) in [5.74, 6) is 5.19. The Kier molecular flexibility index (Phi) is 4.03. The van der Waals surface area contributed by atoms with Crippen molar-refractivity contribution < 1.29 is 5.48 Å². The Morgan fingerprint density at radius 2 is 2.33 bits per heavy atom. The molecule has 1 rings (SSSR count). The van der Waals surface area contributed by atoms with Gasteiger partial charge in [-0.1, -0.05) is 6.92 Å². The van der Waals surface area contributed by atoms with Crippen molar-refractivity contribution in [2.45, 2.75) is 13.3 Å². The lowest BCUT2D eigenvalue weighted by molar-refractivity contribution is 0.824. The van der Waals surface area contributed by atoms with Crippen molar-refractivity contribution in [1.82, 2.24) is 4.98 Å². The number of rotatable bonds is 2. The van der Waals surface area contributed by atoms with Gasteiger partial charge in [0, 0.05) is 12.3 Å². The van der Waals surface area contributed by atoms with Gasteiger partial charge in [-0.3, -0.25) is 10.6 Å². The average Bonchev–Trinajstić information content (AvgIpc) is 2.04. The Hall–Kier alpha value is -1.33. The molecule has 5 heteroatoms. The molecule has 0 saturated heterocycles. The Morgan fingerprint density at radius 1 is 1.67 bits per heavy atom. The summed E-state index contributed by atoms with van der Waals surface area (Å²) in [5, 5.41) is 0. The molecule has 0 fully saturated rings. The minimum absolute atomic E-state index is 0. The van der Waals surface area contributed by atoms with Crippen LogP contribution in [0.2, 0.25) is 0 Å². The van der Waals surface area contributed by atoms with Crippen molar-refractivity contribution in [3.63, 3.8) is 0 Å². The van der Waals surface area contributed by atoms with E-state index in [-0.39, 0.29) is 11.0 Å². The van der Waals surface area contributed by atoms with Gasteiger partial charge in [-0.05, 0) is 12.0 Å². The Balaban J connectivity index is 0.00000121. The van der Waals surface area contributed by atoms with Crippen LogP contribution in [0, 0.1) is 0 Å². The highest BCUT2D eigenvalue weighted by Crippen LogP contribution is 2.09. The molecule has 0 aliphatic heterocycles. The minimum atomic E-state index is -0.143. The number of nitrogens with one attached hydrogen (secondary N) is 2. The third kappa shape index (κ3) is 2.08. The van der Waals surface area contributed by atoms with Crippen molar-refractivity contribution >= 4 is 5.69 Å². The molecule has 6 N–H and O–H groups in total. The second kappa shape index (κ2) is 4.53. The number of hydrazine groups is 1. The van der Waals surface area contributed by atoms with Crippen LogP contribution in [0.15, 0.2) is 17.1 Å². The van der Waals surface area contributed by atoms with Crippen LogP contribution in [0.1, 0.15) is 12.5 Å². The minimum Gasteiger partial charge on any atom is -0.412 e. The molecule has 0 aliphatic rings. The molecule has 0 aromatic carbocycles. The summed E-state index contributed by atoms with van der Waals surface area (Å²) >= 11 is 0. The fourth-order valence-electron chi connectivity index (χ4n) is 0.928. The molecular formula is C7H13N3O2. The lowest BCUT2D eigenvalue weighted by atomic mass is 10.2. The first-order chi connectivity index (χ1) is 5.27. The monoisotopic (exact) mass is 171 g/mol. The molecule has 0 unspecified atom stereocenters. The van der Waals surface area contributed by atoms with Crippen LogP contribution in [0.4, 0.5) is 5.69 Å². The van der Waals surface area contributed by atoms with E-state index in [9.17, 15) is 4.79 Å². The van der Waals surface area contributed by atoms with Gasteiger partial charge in [0.1, 0.15) is 0 Å². The fourth-order valence-corrected chi connectivity index (χ4v) is 0.928. The maximum atomic E-state index is 10.8. The zero-order valence-corrected chi connectivity index (χ0v) is 6.85. The van der Waals surface area contributed by atoms with Crippen molar-refractivity contribution in [2.24, 2.45) is 5.84 Å². The third-order valence-electron chi connectivity index (χ3n) is 1.55. The maximum absolute atomic E-state index is 10.8. The summed E-state index contributed by atoms with van der Waals surface area (Å²) in [6, 6.07) is 1.44. The van der Waals surface area contributed by atoms with E-state index in [1.807, 2.05) is 6.92 Å². The molecule has 12 heavy (non-hydrogen) atoms. The number of pyridine rings is 1. The van der Waals surface area contributed by atoms with Gasteiger partial charge in [0.2, 0.25) is 5.56 Å². The van der Waals surface area contributed by atoms with Gasteiger partial charge in [-0.15, -0.1) is 0 Å². The van der Waals surface area contributed by atoms with Crippen molar-refractivity contribution in [1.29, 1.82) is 0 Å². The Bertz CT molecular complexity index is 295. The molecule has 1 aromatic rings. The van der Waals surface area contributed by atoms with Crippen molar-refractivity contribution in [3.05, 3.63) is 28.2 Å². The normalized spacial score (nSPS) is 8.83. The average molecular weight is 171 g/mol. The zero-order valence-electron chi connectivity index (χ0n) is 6.85. The van der Waals surface area contributed by atoms with Crippen LogP contribution in [-0.2, 0) is 6.42 Å². The molecule has 1 heterocycles. The SMILES string of the molecule is CCc1c[nH]c(=O)cc1NN.O. The number of nitrogen functional groups attached to an aromatic ring is 1. The molecule has 1 aromatic heterocycles. The number of hydrogen-bond acceptors (Lipinski definition) is 3. The molecule has 0 radical (unpaired) electrons. The van der Waals surface area contributed by atoms with Crippen LogP contribution in [-0.4, -0.2) is 10.5 Å². The van der Waals surface area contributed by atoms with Gasteiger partial charge >= 0.3 is 0 Å². The van der Waals surface area contributed by atoms with E-state index < -0.39 is 0 Å². The fraction of sp³-hybridized carbons (Fsp3) is 0.286. The third-order valence-corrected chi connectivity index (χ3v) is 1.55. The lowest BCUT2D eigenvalue weighted by Crippen LogP contribution is -2.14. The van der Waals surface area contributed by atoms with Gasteiger partial charge in [-0.25, -0.2) is 0 Å². The molecule has 0 spiro atoms. The van der Waals surface area contributed by atoms with Crippen molar-refractivity contribution in [3.8, 4) is 0 Å². The molecule has 0 bridgehead atoms. The van der Waals surface area contributed by atoms with E-state index >= 15 is 0 Å². The molecule has 0 atom stereocenters. The molecule has 5 nitrogen and oxygen atoms in total. The van der Waals surface area contributed by atoms with E-state index in [0.29, 0.717) is 5.69 Å². The van der Waals surface area contributed by atoms with Gasteiger partial charge < -0.3 is 15.9 Å². The predicted molar refractivity (Wildman–Crippen MR) is 47.9 cm³/mol. The summed E-state index contributed by atoms with van der Waals surface area (Å²) in [6.07, 6.45) is 2.51. The number of hydrogen-bond donors (Lipinski definition) is 3. The molecule has 0 amide bonds. The second-order valence-corrected chi connectivity index (χ2v) is 2.23. The Morgan fingerprint density at radius 3 is 2.83 bits per heavy atom. The van der Waals surface area contributed by atoms with Crippen LogP contribution in [0.5, 0.6) is 0 Å². The first kappa shape index (κ1) is 10.7. The highest BCUT2D eigenvalue weighted by Gasteiger charge is 1.97. The second-order valence-electron chi connectivity index (χ2n) is 2.23. The maximum Gasteiger partial charge on any atom is 0.250 e. The highest BCUT2D eigenvalue weighted by molar-refractivity contribution is 5.47. The first-order valence-corrected chi connectivity index (χ1v) is 3.46. The molecule has 0 aliphatic carbocycles. The van der Waals surface area contributed by atoms with Crippen molar-refractivity contribution in [2.75, 3.05) is 5.43 Å². The van der Waals surface area contributed by atoms with Crippen LogP contribution < -0.4 is 16.8 Å². The summed E-state index contributed by atoms with van der Waals surface area (Å²) in [4.78, 5) is 13.3. The highest BCUT2D eigenvalue weighted by atomic mass is 16.1. The topological polar surface area (TPSA) is 102 Å². The Labute approximate surface area is 69.9 Å². The van der Waals surface area contributed by atoms with Gasteiger partial charge in [0.25, 0.3) is 0 Å². The number of H-pyrrole nitrogens is 1. The van der Waals surface area contributed by atoms with Gasteiger partial charge in [0.15, 0.2) is 0 Å². The zero-order chi connectivity index (χ0) is 8.27. The number of aromatic nitrogens is 1. The van der Waals surface area contributed by atoms with E-state index in [0.717, 1.165) is 12.0 Å². The largest absolute Gasteiger partial charge is 0.412 e. The summed E-state index contributed by atoms with van der Waals surface area (Å²) in [5.41, 5.74) is 4.02. The smallest absolute Gasteiger partial charge is 0.250 e.